The first kappa shape index (κ1) is 18.2. The highest BCUT2D eigenvalue weighted by Crippen LogP contribution is 2.23. The van der Waals surface area contributed by atoms with Gasteiger partial charge in [0.05, 0.1) is 0 Å². The fourth-order valence-corrected chi connectivity index (χ4v) is 3.23. The zero-order chi connectivity index (χ0) is 18.4. The fraction of sp³-hybridized carbons (Fsp3) is 0.350. The Bertz CT molecular complexity index is 701. The highest BCUT2D eigenvalue weighted by Gasteiger charge is 2.20. The van der Waals surface area contributed by atoms with Gasteiger partial charge in [0.25, 0.3) is 0 Å². The molecule has 1 aliphatic rings. The normalized spacial score (nSPS) is 16.3. The van der Waals surface area contributed by atoms with E-state index in [1.54, 1.807) is 12.1 Å². The summed E-state index contributed by atoms with van der Waals surface area (Å²) < 4.78 is 18.4. The van der Waals surface area contributed by atoms with Crippen molar-refractivity contribution in [1.82, 2.24) is 4.90 Å². The molecule has 6 heteroatoms. The minimum atomic E-state index is -0.815. The second kappa shape index (κ2) is 8.67. The highest BCUT2D eigenvalue weighted by molar-refractivity contribution is 5.65. The topological polar surface area (TPSA) is 58.8 Å². The van der Waals surface area contributed by atoms with Crippen LogP contribution in [0.5, 0.6) is 0 Å². The van der Waals surface area contributed by atoms with Crippen molar-refractivity contribution in [3.63, 3.8) is 0 Å². The molecule has 0 bridgehead atoms. The number of anilines is 1. The number of amides is 1. The van der Waals surface area contributed by atoms with Crippen molar-refractivity contribution >= 4 is 11.8 Å². The van der Waals surface area contributed by atoms with Gasteiger partial charge >= 0.3 is 6.09 Å². The molecule has 2 aromatic rings. The summed E-state index contributed by atoms with van der Waals surface area (Å²) in [4.78, 5) is 15.9. The molecule has 1 radical (unpaired) electrons. The van der Waals surface area contributed by atoms with Crippen LogP contribution in [-0.4, -0.2) is 43.7 Å². The molecule has 2 N–H and O–H groups in total. The van der Waals surface area contributed by atoms with E-state index in [2.05, 4.69) is 28.0 Å². The first-order valence-corrected chi connectivity index (χ1v) is 8.77. The first-order chi connectivity index (χ1) is 12.6. The predicted octanol–water partition coefficient (Wildman–Crippen LogP) is 2.97. The highest BCUT2D eigenvalue weighted by atomic mass is 19.1. The molecule has 26 heavy (non-hydrogen) atoms. The Kier molecular flexibility index (Phi) is 6.07. The lowest BCUT2D eigenvalue weighted by Gasteiger charge is -2.36. The Morgan fingerprint density at radius 3 is 2.38 bits per heavy atom. The molecule has 1 fully saturated rings. The van der Waals surface area contributed by atoms with Crippen LogP contribution >= 0.6 is 0 Å². The van der Waals surface area contributed by atoms with Crippen molar-refractivity contribution in [2.75, 3.05) is 37.6 Å². The smallest absolute Gasteiger partial charge is 0.405 e. The number of carbonyl (C=O) groups excluding carboxylic acids is 1. The summed E-state index contributed by atoms with van der Waals surface area (Å²) in [6.45, 7) is 4.55. The van der Waals surface area contributed by atoms with E-state index < -0.39 is 12.2 Å². The van der Waals surface area contributed by atoms with Gasteiger partial charge in [-0.25, -0.2) is 9.18 Å². The van der Waals surface area contributed by atoms with Crippen molar-refractivity contribution in [3.8, 4) is 0 Å². The molecule has 3 rings (SSSR count). The quantitative estimate of drug-likeness (QED) is 0.864. The van der Waals surface area contributed by atoms with Gasteiger partial charge in [-0.2, -0.15) is 0 Å². The molecule has 0 saturated carbocycles. The molecule has 2 aromatic carbocycles. The standard InChI is InChI=1S/C20H23FN3O2/c21-17-8-6-16(7-9-17)19(26-20(22)25)10-11-23-12-14-24(15-13-23)18-4-2-1-3-5-18/h2-9,19H,10-15H2,(H2,22,25). The molecular formula is C20H23FN3O2. The van der Waals surface area contributed by atoms with E-state index in [9.17, 15) is 9.18 Å². The van der Waals surface area contributed by atoms with Crippen molar-refractivity contribution in [2.45, 2.75) is 12.5 Å². The van der Waals surface area contributed by atoms with E-state index in [0.717, 1.165) is 38.3 Å². The van der Waals surface area contributed by atoms with Gasteiger partial charge in [0.1, 0.15) is 11.9 Å². The lowest BCUT2D eigenvalue weighted by atomic mass is 10.1. The minimum absolute atomic E-state index is 0.318. The average molecular weight is 356 g/mol. The van der Waals surface area contributed by atoms with Crippen molar-refractivity contribution in [3.05, 3.63) is 66.0 Å². The number of nitrogens with two attached hydrogens (primary N) is 1. The fourth-order valence-electron chi connectivity index (χ4n) is 3.23. The second-order valence-electron chi connectivity index (χ2n) is 6.35. The van der Waals surface area contributed by atoms with Gasteiger partial charge < -0.3 is 15.4 Å². The number of benzene rings is 2. The molecule has 1 saturated heterocycles. The number of carbonyl (C=O) groups is 1. The first-order valence-electron chi connectivity index (χ1n) is 8.77. The number of halogens is 1. The Balaban J connectivity index is 1.53. The molecule has 5 nitrogen and oxygen atoms in total. The number of primary amides is 1. The number of rotatable bonds is 6. The molecule has 0 aromatic heterocycles. The minimum Gasteiger partial charge on any atom is -0.441 e. The zero-order valence-electron chi connectivity index (χ0n) is 14.6. The molecule has 1 amide bonds. The summed E-state index contributed by atoms with van der Waals surface area (Å²) in [7, 11) is 0. The molecule has 0 spiro atoms. The molecule has 1 heterocycles. The number of hydrogen-bond acceptors (Lipinski definition) is 4. The maximum Gasteiger partial charge on any atom is 0.405 e. The lowest BCUT2D eigenvalue weighted by molar-refractivity contribution is 0.0910. The number of nitrogens with zero attached hydrogens (tertiary/aromatic N) is 2. The zero-order valence-corrected chi connectivity index (χ0v) is 14.6. The van der Waals surface area contributed by atoms with Crippen LogP contribution in [0.15, 0.2) is 48.5 Å². The largest absolute Gasteiger partial charge is 0.441 e. The molecular weight excluding hydrogens is 333 g/mol. The van der Waals surface area contributed by atoms with Crippen LogP contribution in [0.2, 0.25) is 0 Å². The van der Waals surface area contributed by atoms with E-state index in [0.29, 0.717) is 6.42 Å². The van der Waals surface area contributed by atoms with Gasteiger partial charge in [0.2, 0.25) is 0 Å². The van der Waals surface area contributed by atoms with Crippen LogP contribution < -0.4 is 10.6 Å². The maximum atomic E-state index is 13.1. The molecule has 0 aliphatic carbocycles. The number of piperazine rings is 1. The molecule has 1 unspecified atom stereocenters. The summed E-state index contributed by atoms with van der Waals surface area (Å²) >= 11 is 0. The maximum absolute atomic E-state index is 13.1. The van der Waals surface area contributed by atoms with E-state index in [1.807, 2.05) is 12.1 Å². The van der Waals surface area contributed by atoms with Gasteiger partial charge in [-0.1, -0.05) is 24.3 Å². The van der Waals surface area contributed by atoms with Gasteiger partial charge in [0.15, 0.2) is 0 Å². The number of ether oxygens (including phenoxy) is 1. The van der Waals surface area contributed by atoms with Crippen LogP contribution in [0, 0.1) is 11.9 Å². The van der Waals surface area contributed by atoms with Crippen LogP contribution in [-0.2, 0) is 4.74 Å². The molecule has 1 aliphatic heterocycles. The Morgan fingerprint density at radius 2 is 1.77 bits per heavy atom. The van der Waals surface area contributed by atoms with Crippen LogP contribution in [0.1, 0.15) is 18.1 Å². The third kappa shape index (κ3) is 4.95. The summed E-state index contributed by atoms with van der Waals surface area (Å²) in [5.41, 5.74) is 7.16. The van der Waals surface area contributed by atoms with Gasteiger partial charge in [0, 0.05) is 44.8 Å². The second-order valence-corrected chi connectivity index (χ2v) is 6.35. The van der Waals surface area contributed by atoms with Crippen molar-refractivity contribution < 1.29 is 13.9 Å². The molecule has 1 atom stereocenters. The molecule has 137 valence electrons. The van der Waals surface area contributed by atoms with E-state index in [1.165, 1.54) is 17.8 Å². The van der Waals surface area contributed by atoms with Crippen LogP contribution in [0.25, 0.3) is 0 Å². The van der Waals surface area contributed by atoms with E-state index >= 15 is 0 Å². The third-order valence-corrected chi connectivity index (χ3v) is 4.65. The summed E-state index contributed by atoms with van der Waals surface area (Å²) in [6.07, 6.45) is -0.657. The van der Waals surface area contributed by atoms with Crippen LogP contribution in [0.3, 0.4) is 0 Å². The lowest BCUT2D eigenvalue weighted by Crippen LogP contribution is -2.46. The number of hydrogen-bond donors (Lipinski definition) is 1. The Morgan fingerprint density at radius 1 is 1.12 bits per heavy atom. The average Bonchev–Trinajstić information content (AvgIpc) is 2.67. The Labute approximate surface area is 153 Å². The van der Waals surface area contributed by atoms with E-state index in [4.69, 9.17) is 10.5 Å². The SMILES string of the molecule is NC(=O)OC(CCN1CCN(c2cc[c]cc2)CC1)c1ccc(F)cc1. The summed E-state index contributed by atoms with van der Waals surface area (Å²) in [5, 5.41) is 0. The summed E-state index contributed by atoms with van der Waals surface area (Å²) in [5.74, 6) is -0.318. The predicted molar refractivity (Wildman–Crippen MR) is 98.4 cm³/mol. The monoisotopic (exact) mass is 356 g/mol. The van der Waals surface area contributed by atoms with E-state index in [-0.39, 0.29) is 5.82 Å². The Hall–Kier alpha value is -2.60. The summed E-state index contributed by atoms with van der Waals surface area (Å²) in [6, 6.07) is 17.0. The van der Waals surface area contributed by atoms with Gasteiger partial charge in [-0.3, -0.25) is 4.90 Å². The van der Waals surface area contributed by atoms with Crippen LogP contribution in [0.4, 0.5) is 14.9 Å². The third-order valence-electron chi connectivity index (χ3n) is 4.65. The van der Waals surface area contributed by atoms with Gasteiger partial charge in [-0.15, -0.1) is 0 Å². The van der Waals surface area contributed by atoms with Crippen molar-refractivity contribution in [2.24, 2.45) is 5.73 Å². The van der Waals surface area contributed by atoms with Crippen molar-refractivity contribution in [1.29, 1.82) is 0 Å². The van der Waals surface area contributed by atoms with Gasteiger partial charge in [-0.05, 0) is 35.9 Å².